The van der Waals surface area contributed by atoms with Crippen molar-refractivity contribution in [2.24, 2.45) is 5.73 Å². The van der Waals surface area contributed by atoms with Crippen molar-refractivity contribution < 1.29 is 4.74 Å². The lowest BCUT2D eigenvalue weighted by Crippen LogP contribution is -2.33. The van der Waals surface area contributed by atoms with Crippen LogP contribution in [0.25, 0.3) is 0 Å². The Morgan fingerprint density at radius 3 is 2.14 bits per heavy atom. The first-order chi connectivity index (χ1) is 3.06. The molecular weight excluding hydrogens is 90.1 g/mol. The molecule has 0 amide bonds. The predicted octanol–water partition coefficient (Wildman–Crippen LogP) is 0.289. The van der Waals surface area contributed by atoms with Crippen LogP contribution in [0.3, 0.4) is 0 Å². The summed E-state index contributed by atoms with van der Waals surface area (Å²) in [7, 11) is 0. The quantitative estimate of drug-likeness (QED) is 0.379. The summed E-state index contributed by atoms with van der Waals surface area (Å²) in [4.78, 5) is 0. The van der Waals surface area contributed by atoms with Gasteiger partial charge in [0.15, 0.2) is 5.72 Å². The molecule has 0 aliphatic carbocycles. The molecule has 0 atom stereocenters. The van der Waals surface area contributed by atoms with E-state index in [9.17, 15) is 0 Å². The zero-order valence-corrected chi connectivity index (χ0v) is 4.56. The normalized spacial score (nSPS) is 10.0. The molecule has 0 aliphatic rings. The maximum atomic E-state index is 5.28. The van der Waals surface area contributed by atoms with Gasteiger partial charge < -0.3 is 4.74 Å². The molecule has 0 rings (SSSR count). The summed E-state index contributed by atoms with van der Waals surface area (Å²) in [5, 5.41) is 0. The van der Waals surface area contributed by atoms with Gasteiger partial charge in [-0.3, -0.25) is 5.73 Å². The Hall–Kier alpha value is -0.680. The second-order valence-corrected chi connectivity index (χ2v) is 1.82. The lowest BCUT2D eigenvalue weighted by Gasteiger charge is -2.13. The summed E-state index contributed by atoms with van der Waals surface area (Å²) in [6, 6.07) is 0. The number of hydrogen-bond donors (Lipinski definition) is 1. The molecule has 0 aliphatic heterocycles. The summed E-state index contributed by atoms with van der Waals surface area (Å²) < 4.78 is 4.53. The van der Waals surface area contributed by atoms with Crippen molar-refractivity contribution in [1.82, 2.24) is 0 Å². The van der Waals surface area contributed by atoms with Crippen LogP contribution >= 0.6 is 0 Å². The zero-order valence-electron chi connectivity index (χ0n) is 4.56. The van der Waals surface area contributed by atoms with Gasteiger partial charge >= 0.3 is 0 Å². The van der Waals surface area contributed by atoms with E-state index in [1.807, 2.05) is 6.11 Å². The molecule has 2 nitrogen and oxygen atoms in total. The third kappa shape index (κ3) is 5.32. The summed E-state index contributed by atoms with van der Waals surface area (Å²) in [5.74, 6) is 0. The number of hydrogen-bond acceptors (Lipinski definition) is 2. The molecule has 0 unspecified atom stereocenters. The van der Waals surface area contributed by atoms with Gasteiger partial charge in [0, 0.05) is 0 Å². The maximum Gasteiger partial charge on any atom is 0.164 e. The van der Waals surface area contributed by atoms with Gasteiger partial charge in [-0.25, -0.2) is 0 Å². The van der Waals surface area contributed by atoms with Crippen molar-refractivity contribution in [3.05, 3.63) is 0 Å². The highest BCUT2D eigenvalue weighted by Crippen LogP contribution is 1.94. The topological polar surface area (TPSA) is 35.2 Å². The average molecular weight is 99.1 g/mol. The van der Waals surface area contributed by atoms with E-state index in [4.69, 9.17) is 12.2 Å². The highest BCUT2D eigenvalue weighted by molar-refractivity contribution is 4.74. The Labute approximate surface area is 43.7 Å². The molecular formula is C5H9NO. The third-order valence-corrected chi connectivity index (χ3v) is 0.322. The first kappa shape index (κ1) is 6.32. The summed E-state index contributed by atoms with van der Waals surface area (Å²) in [5.41, 5.74) is 4.60. The molecule has 0 saturated carbocycles. The van der Waals surface area contributed by atoms with Crippen molar-refractivity contribution >= 4 is 0 Å². The van der Waals surface area contributed by atoms with Crippen LogP contribution in [0.5, 0.6) is 0 Å². The molecule has 0 radical (unpaired) electrons. The molecule has 7 heavy (non-hydrogen) atoms. The van der Waals surface area contributed by atoms with E-state index < -0.39 is 5.72 Å². The van der Waals surface area contributed by atoms with E-state index in [-0.39, 0.29) is 0 Å². The molecule has 2 heteroatoms. The first-order valence-electron chi connectivity index (χ1n) is 1.99. The molecule has 0 spiro atoms. The van der Waals surface area contributed by atoms with Gasteiger partial charge in [-0.2, -0.15) is 0 Å². The van der Waals surface area contributed by atoms with E-state index in [2.05, 4.69) is 4.74 Å². The molecule has 0 aromatic heterocycles. The number of nitrogens with two attached hydrogens (primary N) is 1. The molecule has 40 valence electrons. The van der Waals surface area contributed by atoms with Crippen LogP contribution in [-0.2, 0) is 4.74 Å². The van der Waals surface area contributed by atoms with Gasteiger partial charge in [0.05, 0.1) is 0 Å². The van der Waals surface area contributed by atoms with Crippen molar-refractivity contribution in [3.8, 4) is 12.5 Å². The predicted molar refractivity (Wildman–Crippen MR) is 28.2 cm³/mol. The minimum atomic E-state index is -0.686. The van der Waals surface area contributed by atoms with Crippen LogP contribution < -0.4 is 5.73 Å². The number of rotatable bonds is 1. The zero-order chi connectivity index (χ0) is 5.91. The Morgan fingerprint density at radius 2 is 2.14 bits per heavy atom. The van der Waals surface area contributed by atoms with Gasteiger partial charge in [0.2, 0.25) is 0 Å². The fourth-order valence-electron chi connectivity index (χ4n) is 0.152. The van der Waals surface area contributed by atoms with E-state index in [0.29, 0.717) is 0 Å². The number of terminal acetylenes is 1. The minimum Gasteiger partial charge on any atom is -0.425 e. The van der Waals surface area contributed by atoms with Gasteiger partial charge in [0.1, 0.15) is 6.11 Å². The summed E-state index contributed by atoms with van der Waals surface area (Å²) >= 11 is 0. The molecule has 2 N–H and O–H groups in total. The Kier molecular flexibility index (Phi) is 1.67. The van der Waals surface area contributed by atoms with Crippen molar-refractivity contribution in [1.29, 1.82) is 0 Å². The summed E-state index contributed by atoms with van der Waals surface area (Å²) in [6.07, 6.45) is 6.75. The van der Waals surface area contributed by atoms with Gasteiger partial charge in [-0.15, -0.1) is 0 Å². The third-order valence-electron chi connectivity index (χ3n) is 0.322. The van der Waals surface area contributed by atoms with E-state index in [0.717, 1.165) is 0 Å². The number of ether oxygens (including phenoxy) is 1. The molecule has 0 bridgehead atoms. The van der Waals surface area contributed by atoms with Crippen molar-refractivity contribution in [3.63, 3.8) is 0 Å². The largest absolute Gasteiger partial charge is 0.425 e. The monoisotopic (exact) mass is 99.1 g/mol. The molecule has 0 heterocycles. The van der Waals surface area contributed by atoms with Gasteiger partial charge in [-0.1, -0.05) is 6.42 Å². The molecule has 0 aromatic rings. The van der Waals surface area contributed by atoms with E-state index in [1.165, 1.54) is 0 Å². The average Bonchev–Trinajstić information content (AvgIpc) is 1.30. The second-order valence-electron chi connectivity index (χ2n) is 1.82. The maximum absolute atomic E-state index is 5.28. The van der Waals surface area contributed by atoms with E-state index >= 15 is 0 Å². The van der Waals surface area contributed by atoms with Gasteiger partial charge in [0.25, 0.3) is 0 Å². The smallest absolute Gasteiger partial charge is 0.164 e. The Morgan fingerprint density at radius 1 is 1.71 bits per heavy atom. The molecule has 0 saturated heterocycles. The molecule has 0 aromatic carbocycles. The lowest BCUT2D eigenvalue weighted by atomic mass is 10.3. The standard InChI is InChI=1S/C5H9NO/c1-4-7-5(2,3)6/h1H,6H2,2-3H3. The highest BCUT2D eigenvalue weighted by atomic mass is 16.5. The van der Waals surface area contributed by atoms with Crippen molar-refractivity contribution in [2.75, 3.05) is 0 Å². The first-order valence-corrected chi connectivity index (χ1v) is 1.99. The fourth-order valence-corrected chi connectivity index (χ4v) is 0.152. The molecule has 0 fully saturated rings. The van der Waals surface area contributed by atoms with E-state index in [1.54, 1.807) is 13.8 Å². The van der Waals surface area contributed by atoms with Crippen LogP contribution in [0.2, 0.25) is 0 Å². The minimum absolute atomic E-state index is 0.686. The lowest BCUT2D eigenvalue weighted by molar-refractivity contribution is 0.0838. The SMILES string of the molecule is C#COC(C)(C)N. The summed E-state index contributed by atoms with van der Waals surface area (Å²) in [6.45, 7) is 3.37. The van der Waals surface area contributed by atoms with Crippen LogP contribution in [0.1, 0.15) is 13.8 Å². The van der Waals surface area contributed by atoms with Crippen molar-refractivity contribution in [2.45, 2.75) is 19.6 Å². The Balaban J connectivity index is 3.40. The van der Waals surface area contributed by atoms with Crippen LogP contribution in [0, 0.1) is 12.5 Å². The van der Waals surface area contributed by atoms with Crippen LogP contribution in [0.15, 0.2) is 0 Å². The Bertz CT molecular complexity index is 85.2. The highest BCUT2D eigenvalue weighted by Gasteiger charge is 2.07. The van der Waals surface area contributed by atoms with Gasteiger partial charge in [-0.05, 0) is 13.8 Å². The van der Waals surface area contributed by atoms with Crippen LogP contribution in [0.4, 0.5) is 0 Å². The van der Waals surface area contributed by atoms with Crippen LogP contribution in [-0.4, -0.2) is 5.72 Å². The fraction of sp³-hybridized carbons (Fsp3) is 0.600. The second kappa shape index (κ2) is 1.85.